The van der Waals surface area contributed by atoms with E-state index in [9.17, 15) is 10.1 Å². The van der Waals surface area contributed by atoms with Crippen molar-refractivity contribution in [1.29, 1.82) is 5.26 Å². The molecule has 0 saturated carbocycles. The first-order valence-corrected chi connectivity index (χ1v) is 7.96. The smallest absolute Gasteiger partial charge is 0.272 e. The summed E-state index contributed by atoms with van der Waals surface area (Å²) in [5.41, 5.74) is 0.945. The van der Waals surface area contributed by atoms with Crippen LogP contribution in [-0.4, -0.2) is 22.4 Å². The number of nitrogens with zero attached hydrogens (tertiary/aromatic N) is 3. The second-order valence-electron chi connectivity index (χ2n) is 4.44. The van der Waals surface area contributed by atoms with Gasteiger partial charge in [-0.05, 0) is 36.9 Å². The van der Waals surface area contributed by atoms with Crippen molar-refractivity contribution in [1.82, 2.24) is 9.55 Å². The predicted molar refractivity (Wildman–Crippen MR) is 87.3 cm³/mol. The van der Waals surface area contributed by atoms with Crippen LogP contribution in [0.2, 0.25) is 0 Å². The van der Waals surface area contributed by atoms with Gasteiger partial charge in [-0.25, -0.2) is 4.98 Å². The Labute approximate surface area is 133 Å². The number of rotatable bonds is 5. The van der Waals surface area contributed by atoms with Crippen molar-refractivity contribution in [3.05, 3.63) is 40.2 Å². The average molecular weight is 315 g/mol. The summed E-state index contributed by atoms with van der Waals surface area (Å²) in [7, 11) is 1.59. The highest BCUT2D eigenvalue weighted by Crippen LogP contribution is 2.25. The fraction of sp³-hybridized carbons (Fsp3) is 0.312. The summed E-state index contributed by atoms with van der Waals surface area (Å²) in [6.45, 7) is 4.37. The van der Waals surface area contributed by atoms with E-state index in [-0.39, 0.29) is 11.1 Å². The van der Waals surface area contributed by atoms with E-state index in [1.165, 1.54) is 11.8 Å². The lowest BCUT2D eigenvalue weighted by molar-refractivity contribution is 0.415. The van der Waals surface area contributed by atoms with E-state index in [0.29, 0.717) is 23.1 Å². The molecule has 0 spiro atoms. The Bertz CT molecular complexity index is 761. The van der Waals surface area contributed by atoms with Gasteiger partial charge in [0.2, 0.25) is 0 Å². The number of aromatic nitrogens is 2. The van der Waals surface area contributed by atoms with Gasteiger partial charge in [0.05, 0.1) is 12.8 Å². The van der Waals surface area contributed by atoms with Gasteiger partial charge < -0.3 is 4.74 Å². The predicted octanol–water partition coefficient (Wildman–Crippen LogP) is 2.92. The van der Waals surface area contributed by atoms with Crippen molar-refractivity contribution in [2.24, 2.45) is 0 Å². The molecule has 0 unspecified atom stereocenters. The highest BCUT2D eigenvalue weighted by molar-refractivity contribution is 7.99. The monoisotopic (exact) mass is 315 g/mol. The molecule has 0 bridgehead atoms. The first kappa shape index (κ1) is 16.1. The Morgan fingerprint density at radius 2 is 2.00 bits per heavy atom. The van der Waals surface area contributed by atoms with Gasteiger partial charge in [0.25, 0.3) is 5.56 Å². The van der Waals surface area contributed by atoms with E-state index in [1.807, 2.05) is 19.9 Å². The van der Waals surface area contributed by atoms with E-state index < -0.39 is 0 Å². The quantitative estimate of drug-likeness (QED) is 0.627. The molecule has 2 rings (SSSR count). The molecular formula is C16H17N3O2S. The molecule has 0 aliphatic rings. The molecule has 0 atom stereocenters. The number of hydrogen-bond donors (Lipinski definition) is 0. The SMILES string of the molecule is CCSc1nc(-c2ccc(OC)cc2)c(C#N)c(=O)n1CC. The van der Waals surface area contributed by atoms with Crippen molar-refractivity contribution >= 4 is 11.8 Å². The van der Waals surface area contributed by atoms with Gasteiger partial charge >= 0.3 is 0 Å². The summed E-state index contributed by atoms with van der Waals surface area (Å²) in [4.78, 5) is 17.1. The number of benzene rings is 1. The molecule has 1 aromatic heterocycles. The van der Waals surface area contributed by atoms with Gasteiger partial charge in [-0.1, -0.05) is 18.7 Å². The summed E-state index contributed by atoms with van der Waals surface area (Å²) in [6.07, 6.45) is 0. The van der Waals surface area contributed by atoms with Crippen LogP contribution >= 0.6 is 11.8 Å². The average Bonchev–Trinajstić information content (AvgIpc) is 2.55. The maximum atomic E-state index is 12.5. The minimum atomic E-state index is -0.290. The molecule has 2 aromatic rings. The Hall–Kier alpha value is -2.26. The van der Waals surface area contributed by atoms with Gasteiger partial charge in [-0.15, -0.1) is 0 Å². The number of nitriles is 1. The normalized spacial score (nSPS) is 10.3. The van der Waals surface area contributed by atoms with Crippen LogP contribution in [0.4, 0.5) is 0 Å². The van der Waals surface area contributed by atoms with Crippen LogP contribution in [0.1, 0.15) is 19.4 Å². The van der Waals surface area contributed by atoms with E-state index in [4.69, 9.17) is 4.74 Å². The lowest BCUT2D eigenvalue weighted by Gasteiger charge is -2.12. The van der Waals surface area contributed by atoms with Gasteiger partial charge in [-0.3, -0.25) is 9.36 Å². The number of methoxy groups -OCH3 is 1. The van der Waals surface area contributed by atoms with Crippen molar-refractivity contribution < 1.29 is 4.74 Å². The van der Waals surface area contributed by atoms with Gasteiger partial charge in [0, 0.05) is 12.1 Å². The molecule has 1 aromatic carbocycles. The van der Waals surface area contributed by atoms with Crippen molar-refractivity contribution in [2.45, 2.75) is 25.5 Å². The summed E-state index contributed by atoms with van der Waals surface area (Å²) >= 11 is 1.49. The van der Waals surface area contributed by atoms with Gasteiger partial charge in [0.15, 0.2) is 5.16 Å². The molecular weight excluding hydrogens is 298 g/mol. The van der Waals surface area contributed by atoms with Crippen LogP contribution < -0.4 is 10.3 Å². The van der Waals surface area contributed by atoms with Crippen LogP contribution in [0.15, 0.2) is 34.2 Å². The molecule has 114 valence electrons. The standard InChI is InChI=1S/C16H17N3O2S/c1-4-19-15(20)13(10-17)14(18-16(19)22-5-2)11-6-8-12(21-3)9-7-11/h6-9H,4-5H2,1-3H3. The van der Waals surface area contributed by atoms with Crippen LogP contribution in [-0.2, 0) is 6.54 Å². The Kier molecular flexibility index (Phi) is 5.23. The van der Waals surface area contributed by atoms with E-state index in [1.54, 1.807) is 35.9 Å². The minimum Gasteiger partial charge on any atom is -0.497 e. The number of thioether (sulfide) groups is 1. The first-order valence-electron chi connectivity index (χ1n) is 6.98. The fourth-order valence-electron chi connectivity index (χ4n) is 2.11. The van der Waals surface area contributed by atoms with Crippen LogP contribution in [0.25, 0.3) is 11.3 Å². The van der Waals surface area contributed by atoms with E-state index in [0.717, 1.165) is 11.3 Å². The Balaban J connectivity index is 2.68. The van der Waals surface area contributed by atoms with E-state index >= 15 is 0 Å². The second-order valence-corrected chi connectivity index (χ2v) is 5.67. The summed E-state index contributed by atoms with van der Waals surface area (Å²) in [6, 6.07) is 9.18. The van der Waals surface area contributed by atoms with E-state index in [2.05, 4.69) is 4.98 Å². The van der Waals surface area contributed by atoms with Crippen LogP contribution in [0.5, 0.6) is 5.75 Å². The summed E-state index contributed by atoms with van der Waals surface area (Å²) in [5, 5.41) is 10.0. The highest BCUT2D eigenvalue weighted by atomic mass is 32.2. The summed E-state index contributed by atoms with van der Waals surface area (Å²) < 4.78 is 6.67. The molecule has 0 amide bonds. The molecule has 0 N–H and O–H groups in total. The van der Waals surface area contributed by atoms with Crippen molar-refractivity contribution in [3.8, 4) is 23.1 Å². The molecule has 22 heavy (non-hydrogen) atoms. The molecule has 5 nitrogen and oxygen atoms in total. The molecule has 0 aliphatic heterocycles. The van der Waals surface area contributed by atoms with Crippen molar-refractivity contribution in [3.63, 3.8) is 0 Å². The Morgan fingerprint density at radius 1 is 1.32 bits per heavy atom. The summed E-state index contributed by atoms with van der Waals surface area (Å²) in [5.74, 6) is 1.52. The third-order valence-corrected chi connectivity index (χ3v) is 4.06. The van der Waals surface area contributed by atoms with Crippen molar-refractivity contribution in [2.75, 3.05) is 12.9 Å². The Morgan fingerprint density at radius 3 is 2.50 bits per heavy atom. The lowest BCUT2D eigenvalue weighted by atomic mass is 10.1. The maximum absolute atomic E-state index is 12.5. The molecule has 6 heteroatoms. The molecule has 0 fully saturated rings. The van der Waals surface area contributed by atoms with Crippen LogP contribution in [0.3, 0.4) is 0 Å². The third-order valence-electron chi connectivity index (χ3n) is 3.20. The van der Waals surface area contributed by atoms with Crippen LogP contribution in [0, 0.1) is 11.3 Å². The first-order chi connectivity index (χ1) is 10.7. The second kappa shape index (κ2) is 7.14. The zero-order valence-corrected chi connectivity index (χ0v) is 13.6. The largest absolute Gasteiger partial charge is 0.497 e. The molecule has 0 saturated heterocycles. The minimum absolute atomic E-state index is 0.0764. The molecule has 1 heterocycles. The maximum Gasteiger partial charge on any atom is 0.272 e. The highest BCUT2D eigenvalue weighted by Gasteiger charge is 2.17. The molecule has 0 radical (unpaired) electrons. The zero-order valence-electron chi connectivity index (χ0n) is 12.8. The topological polar surface area (TPSA) is 67.9 Å². The zero-order chi connectivity index (χ0) is 16.1. The van der Waals surface area contributed by atoms with Gasteiger partial charge in [0.1, 0.15) is 17.4 Å². The number of ether oxygens (including phenoxy) is 1. The van der Waals surface area contributed by atoms with Gasteiger partial charge in [-0.2, -0.15) is 5.26 Å². The molecule has 0 aliphatic carbocycles. The third kappa shape index (κ3) is 3.00. The fourth-order valence-corrected chi connectivity index (χ4v) is 2.89. The number of hydrogen-bond acceptors (Lipinski definition) is 5. The lowest BCUT2D eigenvalue weighted by Crippen LogP contribution is -2.26.